The van der Waals surface area contributed by atoms with Crippen molar-refractivity contribution in [3.05, 3.63) is 132 Å². The van der Waals surface area contributed by atoms with Gasteiger partial charge in [-0.2, -0.15) is 13.2 Å². The Labute approximate surface area is 226 Å². The van der Waals surface area contributed by atoms with Crippen LogP contribution < -0.4 is 0 Å². The fourth-order valence-corrected chi connectivity index (χ4v) is 4.84. The molecule has 0 amide bonds. The van der Waals surface area contributed by atoms with Gasteiger partial charge >= 0.3 is 6.18 Å². The van der Waals surface area contributed by atoms with Crippen LogP contribution in [-0.2, 0) is 12.6 Å². The Balaban J connectivity index is 1.53. The van der Waals surface area contributed by atoms with Crippen LogP contribution >= 0.6 is 0 Å². The predicted molar refractivity (Wildman–Crippen MR) is 144 cm³/mol. The van der Waals surface area contributed by atoms with Gasteiger partial charge in [-0.25, -0.2) is 17.6 Å². The lowest BCUT2D eigenvalue weighted by Crippen LogP contribution is -2.08. The van der Waals surface area contributed by atoms with Gasteiger partial charge in [-0.15, -0.1) is 6.58 Å². The molecule has 0 atom stereocenters. The number of benzene rings is 5. The summed E-state index contributed by atoms with van der Waals surface area (Å²) >= 11 is 0. The van der Waals surface area contributed by atoms with Crippen LogP contribution in [0.4, 0.5) is 30.7 Å². The number of aryl methyl sites for hydroxylation is 1. The van der Waals surface area contributed by atoms with Crippen molar-refractivity contribution in [2.24, 2.45) is 0 Å². The lowest BCUT2D eigenvalue weighted by atomic mass is 9.93. The van der Waals surface area contributed by atoms with E-state index >= 15 is 17.6 Å². The SMILES string of the molecule is C=CCCc1ccc2cc(-c3cc(F)c(-c4cc(F)c(-c5ccccc5C(F)(F)F)c(F)c4)c(F)c3)ccc2c1. The summed E-state index contributed by atoms with van der Waals surface area (Å²) in [6, 6.07) is 18.6. The molecule has 40 heavy (non-hydrogen) atoms. The van der Waals surface area contributed by atoms with Gasteiger partial charge in [0, 0.05) is 0 Å². The summed E-state index contributed by atoms with van der Waals surface area (Å²) in [6.07, 6.45) is -1.34. The monoisotopic (exact) mass is 550 g/mol. The fraction of sp³-hybridized carbons (Fsp3) is 0.0909. The van der Waals surface area contributed by atoms with Crippen molar-refractivity contribution in [1.82, 2.24) is 0 Å². The van der Waals surface area contributed by atoms with Crippen molar-refractivity contribution >= 4 is 10.8 Å². The minimum Gasteiger partial charge on any atom is -0.206 e. The molecule has 0 fully saturated rings. The molecule has 0 heterocycles. The quantitative estimate of drug-likeness (QED) is 0.146. The van der Waals surface area contributed by atoms with Gasteiger partial charge in [-0.3, -0.25) is 0 Å². The molecule has 0 N–H and O–H groups in total. The smallest absolute Gasteiger partial charge is 0.206 e. The number of halogens is 7. The Bertz CT molecular complexity index is 1700. The zero-order valence-corrected chi connectivity index (χ0v) is 20.9. The molecule has 0 aliphatic rings. The van der Waals surface area contributed by atoms with Crippen molar-refractivity contribution in [1.29, 1.82) is 0 Å². The normalized spacial score (nSPS) is 11.7. The number of rotatable bonds is 6. The molecule has 0 spiro atoms. The van der Waals surface area contributed by atoms with Crippen LogP contribution in [0.5, 0.6) is 0 Å². The third-order valence-electron chi connectivity index (χ3n) is 6.75. The van der Waals surface area contributed by atoms with E-state index < -0.39 is 57.3 Å². The maximum absolute atomic E-state index is 15.2. The Morgan fingerprint density at radius 3 is 1.82 bits per heavy atom. The van der Waals surface area contributed by atoms with Gasteiger partial charge in [0.15, 0.2) is 0 Å². The van der Waals surface area contributed by atoms with E-state index in [1.54, 1.807) is 12.1 Å². The number of alkyl halides is 3. The Kier molecular flexibility index (Phi) is 7.23. The van der Waals surface area contributed by atoms with E-state index in [1.165, 1.54) is 6.07 Å². The molecule has 0 unspecified atom stereocenters. The van der Waals surface area contributed by atoms with Crippen LogP contribution in [0.3, 0.4) is 0 Å². The molecule has 0 aliphatic carbocycles. The average molecular weight is 551 g/mol. The van der Waals surface area contributed by atoms with Gasteiger partial charge in [0.1, 0.15) is 23.3 Å². The third-order valence-corrected chi connectivity index (χ3v) is 6.75. The highest BCUT2D eigenvalue weighted by molar-refractivity contribution is 5.88. The summed E-state index contributed by atoms with van der Waals surface area (Å²) < 4.78 is 101. The van der Waals surface area contributed by atoms with Crippen molar-refractivity contribution in [3.8, 4) is 33.4 Å². The van der Waals surface area contributed by atoms with Gasteiger partial charge in [0.05, 0.1) is 16.7 Å². The maximum atomic E-state index is 15.2. The van der Waals surface area contributed by atoms with Gasteiger partial charge in [-0.05, 0) is 87.8 Å². The standard InChI is InChI=1S/C33H21F7/c1-2-3-6-19-9-10-21-14-22(12-11-20(21)13-19)23-15-27(34)31(28(35)16-23)24-17-29(36)32(30(37)18-24)25-7-4-5-8-26(25)33(38,39)40/h2,4-5,7-18H,1,3,6H2. The molecule has 0 radical (unpaired) electrons. The first kappa shape index (κ1) is 27.2. The van der Waals surface area contributed by atoms with Crippen molar-refractivity contribution in [3.63, 3.8) is 0 Å². The Hall–Kier alpha value is -4.39. The summed E-state index contributed by atoms with van der Waals surface area (Å²) in [5.74, 6) is -4.90. The number of allylic oxidation sites excluding steroid dienone is 1. The molecule has 0 saturated carbocycles. The lowest BCUT2D eigenvalue weighted by Gasteiger charge is -2.15. The molecular formula is C33H21F7. The zero-order chi connectivity index (χ0) is 28.6. The van der Waals surface area contributed by atoms with Crippen LogP contribution in [0.2, 0.25) is 0 Å². The molecule has 202 valence electrons. The molecule has 0 aromatic heterocycles. The molecule has 0 bridgehead atoms. The lowest BCUT2D eigenvalue weighted by molar-refractivity contribution is -0.137. The second-order valence-corrected chi connectivity index (χ2v) is 9.40. The topological polar surface area (TPSA) is 0 Å². The van der Waals surface area contributed by atoms with Crippen molar-refractivity contribution in [2.75, 3.05) is 0 Å². The molecule has 0 saturated heterocycles. The summed E-state index contributed by atoms with van der Waals surface area (Å²) in [5.41, 5.74) is -2.16. The third kappa shape index (κ3) is 5.24. The highest BCUT2D eigenvalue weighted by Crippen LogP contribution is 2.41. The first-order chi connectivity index (χ1) is 19.1. The number of fused-ring (bicyclic) bond motifs is 1. The maximum Gasteiger partial charge on any atom is 0.417 e. The van der Waals surface area contributed by atoms with Crippen LogP contribution in [0, 0.1) is 23.3 Å². The summed E-state index contributed by atoms with van der Waals surface area (Å²) in [7, 11) is 0. The number of hydrogen-bond acceptors (Lipinski definition) is 0. The first-order valence-corrected chi connectivity index (χ1v) is 12.4. The highest BCUT2D eigenvalue weighted by Gasteiger charge is 2.35. The van der Waals surface area contributed by atoms with Crippen LogP contribution in [-0.4, -0.2) is 0 Å². The van der Waals surface area contributed by atoms with Crippen LogP contribution in [0.25, 0.3) is 44.2 Å². The van der Waals surface area contributed by atoms with Crippen LogP contribution in [0.1, 0.15) is 17.5 Å². The molecule has 5 rings (SSSR count). The largest absolute Gasteiger partial charge is 0.417 e. The van der Waals surface area contributed by atoms with E-state index in [0.29, 0.717) is 23.8 Å². The average Bonchev–Trinajstić information content (AvgIpc) is 2.90. The Morgan fingerprint density at radius 2 is 1.18 bits per heavy atom. The van der Waals surface area contributed by atoms with Crippen molar-refractivity contribution < 1.29 is 30.7 Å². The predicted octanol–water partition coefficient (Wildman–Crippen LogP) is 10.5. The van der Waals surface area contributed by atoms with Crippen LogP contribution in [0.15, 0.2) is 97.6 Å². The van der Waals surface area contributed by atoms with E-state index in [-0.39, 0.29) is 5.56 Å². The zero-order valence-electron chi connectivity index (χ0n) is 20.9. The Morgan fingerprint density at radius 1 is 0.600 bits per heavy atom. The minimum atomic E-state index is -4.86. The van der Waals surface area contributed by atoms with E-state index in [4.69, 9.17) is 0 Å². The van der Waals surface area contributed by atoms with E-state index in [1.807, 2.05) is 30.3 Å². The van der Waals surface area contributed by atoms with Gasteiger partial charge in [0.25, 0.3) is 0 Å². The van der Waals surface area contributed by atoms with Crippen molar-refractivity contribution in [2.45, 2.75) is 19.0 Å². The first-order valence-electron chi connectivity index (χ1n) is 12.4. The van der Waals surface area contributed by atoms with Gasteiger partial charge in [0.2, 0.25) is 0 Å². The molecule has 7 heteroatoms. The molecule has 0 aliphatic heterocycles. The summed E-state index contributed by atoms with van der Waals surface area (Å²) in [6.45, 7) is 3.72. The van der Waals surface area contributed by atoms with E-state index in [2.05, 4.69) is 6.58 Å². The molecule has 5 aromatic rings. The highest BCUT2D eigenvalue weighted by atomic mass is 19.4. The fourth-order valence-electron chi connectivity index (χ4n) is 4.84. The molecular weight excluding hydrogens is 529 g/mol. The van der Waals surface area contributed by atoms with E-state index in [9.17, 15) is 13.2 Å². The second kappa shape index (κ2) is 10.6. The van der Waals surface area contributed by atoms with Gasteiger partial charge in [-0.1, -0.05) is 54.6 Å². The summed E-state index contributed by atoms with van der Waals surface area (Å²) in [5, 5.41) is 1.82. The molecule has 0 nitrogen and oxygen atoms in total. The number of hydrogen-bond donors (Lipinski definition) is 0. The molecule has 5 aromatic carbocycles. The second-order valence-electron chi connectivity index (χ2n) is 9.40. The summed E-state index contributed by atoms with van der Waals surface area (Å²) in [4.78, 5) is 0. The van der Waals surface area contributed by atoms with E-state index in [0.717, 1.165) is 53.4 Å². The van der Waals surface area contributed by atoms with Gasteiger partial charge < -0.3 is 0 Å². The minimum absolute atomic E-state index is 0.216.